The first-order valence-electron chi connectivity index (χ1n) is 13.3. The number of piperidine rings is 1. The Balaban J connectivity index is 1.16. The Bertz CT molecular complexity index is 1070. The molecular weight excluding hydrogens is 416 g/mol. The minimum atomic E-state index is 0.365. The number of rotatable bonds is 5. The second-order valence-corrected chi connectivity index (χ2v) is 11.6. The van der Waals surface area contributed by atoms with Gasteiger partial charge < -0.3 is 4.74 Å². The molecule has 0 N–H and O–H groups in total. The molecule has 1 saturated carbocycles. The Labute approximate surface area is 205 Å². The van der Waals surface area contributed by atoms with Gasteiger partial charge >= 0.3 is 0 Å². The molecule has 34 heavy (non-hydrogen) atoms. The second-order valence-electron chi connectivity index (χ2n) is 11.6. The lowest BCUT2D eigenvalue weighted by atomic mass is 9.72. The topological polar surface area (TPSA) is 25.4 Å². The molecule has 2 fully saturated rings. The van der Waals surface area contributed by atoms with Gasteiger partial charge in [0.2, 0.25) is 0 Å². The van der Waals surface area contributed by atoms with Crippen molar-refractivity contribution in [2.75, 3.05) is 13.1 Å². The Morgan fingerprint density at radius 2 is 1.59 bits per heavy atom. The van der Waals surface area contributed by atoms with Crippen molar-refractivity contribution in [1.29, 1.82) is 0 Å². The van der Waals surface area contributed by atoms with Crippen molar-refractivity contribution in [2.45, 2.75) is 77.9 Å². The predicted octanol–water partition coefficient (Wildman–Crippen LogP) is 7.60. The zero-order valence-corrected chi connectivity index (χ0v) is 21.2. The van der Waals surface area contributed by atoms with Gasteiger partial charge in [0, 0.05) is 24.4 Å². The van der Waals surface area contributed by atoms with Crippen molar-refractivity contribution in [3.8, 4) is 5.75 Å². The van der Waals surface area contributed by atoms with Gasteiger partial charge in [-0.15, -0.1) is 0 Å². The summed E-state index contributed by atoms with van der Waals surface area (Å²) in [5.41, 5.74) is 3.08. The highest BCUT2D eigenvalue weighted by Crippen LogP contribution is 2.39. The van der Waals surface area contributed by atoms with Crippen molar-refractivity contribution in [3.63, 3.8) is 0 Å². The summed E-state index contributed by atoms with van der Waals surface area (Å²) in [6.45, 7) is 10.4. The van der Waals surface area contributed by atoms with Crippen molar-refractivity contribution in [1.82, 2.24) is 9.88 Å². The van der Waals surface area contributed by atoms with E-state index in [0.717, 1.165) is 31.3 Å². The normalized spacial score (nSPS) is 22.7. The number of fused-ring (bicyclic) bond motifs is 1. The van der Waals surface area contributed by atoms with Gasteiger partial charge in [-0.05, 0) is 110 Å². The molecule has 2 heterocycles. The quantitative estimate of drug-likeness (QED) is 0.395. The Kier molecular flexibility index (Phi) is 6.92. The van der Waals surface area contributed by atoms with E-state index in [4.69, 9.17) is 4.74 Å². The summed E-state index contributed by atoms with van der Waals surface area (Å²) in [5, 5.41) is 2.59. The Morgan fingerprint density at radius 1 is 0.853 bits per heavy atom. The highest BCUT2D eigenvalue weighted by Gasteiger charge is 2.30. The molecule has 1 saturated heterocycles. The molecule has 0 spiro atoms. The molecule has 3 aromatic rings. The second kappa shape index (κ2) is 10.1. The van der Waals surface area contributed by atoms with E-state index in [9.17, 15) is 0 Å². The van der Waals surface area contributed by atoms with Crippen LogP contribution in [0.4, 0.5) is 0 Å². The fourth-order valence-electron chi connectivity index (χ4n) is 5.95. The maximum atomic E-state index is 6.41. The van der Waals surface area contributed by atoms with Gasteiger partial charge in [0.15, 0.2) is 0 Å². The average molecular weight is 457 g/mol. The number of likely N-dealkylation sites (tertiary alicyclic amines) is 1. The number of pyridine rings is 1. The maximum Gasteiger partial charge on any atom is 0.120 e. The number of ether oxygens (including phenoxy) is 1. The molecule has 1 aliphatic carbocycles. The molecule has 0 radical (unpaired) electrons. The molecule has 3 heteroatoms. The summed E-state index contributed by atoms with van der Waals surface area (Å²) >= 11 is 0. The summed E-state index contributed by atoms with van der Waals surface area (Å²) in [5.74, 6) is 2.45. The molecule has 1 aromatic heterocycles. The zero-order chi connectivity index (χ0) is 23.5. The largest absolute Gasteiger partial charge is 0.490 e. The third-order valence-corrected chi connectivity index (χ3v) is 8.18. The van der Waals surface area contributed by atoms with Gasteiger partial charge in [-0.25, -0.2) is 0 Å². The summed E-state index contributed by atoms with van der Waals surface area (Å²) in [6.07, 6.45) is 9.60. The SMILES string of the molecule is CC(C)(C)[C@H]1CC[C@H](Oc2ccc3cc(CN4CCC(c5ccccn5)CC4)ccc3c2)CC1. The van der Waals surface area contributed by atoms with Crippen LogP contribution < -0.4 is 4.74 Å². The van der Waals surface area contributed by atoms with Gasteiger partial charge in [0.05, 0.1) is 6.10 Å². The van der Waals surface area contributed by atoms with Crippen LogP contribution in [0.15, 0.2) is 60.8 Å². The first-order valence-corrected chi connectivity index (χ1v) is 13.3. The van der Waals surface area contributed by atoms with Crippen molar-refractivity contribution >= 4 is 10.8 Å². The molecule has 2 aliphatic rings. The molecule has 180 valence electrons. The average Bonchev–Trinajstić information content (AvgIpc) is 2.85. The molecule has 0 atom stereocenters. The number of benzene rings is 2. The van der Waals surface area contributed by atoms with Crippen molar-refractivity contribution in [2.24, 2.45) is 11.3 Å². The van der Waals surface area contributed by atoms with Crippen LogP contribution in [-0.2, 0) is 6.54 Å². The van der Waals surface area contributed by atoms with Crippen LogP contribution >= 0.6 is 0 Å². The van der Waals surface area contributed by atoms with Crippen molar-refractivity contribution in [3.05, 3.63) is 72.1 Å². The lowest BCUT2D eigenvalue weighted by molar-refractivity contribution is 0.0883. The number of hydrogen-bond acceptors (Lipinski definition) is 3. The van der Waals surface area contributed by atoms with E-state index in [1.807, 2.05) is 12.3 Å². The van der Waals surface area contributed by atoms with E-state index in [1.54, 1.807) is 0 Å². The minimum Gasteiger partial charge on any atom is -0.490 e. The van der Waals surface area contributed by atoms with E-state index in [2.05, 4.69) is 79.2 Å². The van der Waals surface area contributed by atoms with Crippen LogP contribution in [0, 0.1) is 11.3 Å². The molecule has 0 amide bonds. The Morgan fingerprint density at radius 3 is 2.29 bits per heavy atom. The predicted molar refractivity (Wildman–Crippen MR) is 141 cm³/mol. The van der Waals surface area contributed by atoms with E-state index in [1.165, 1.54) is 60.6 Å². The van der Waals surface area contributed by atoms with E-state index in [-0.39, 0.29) is 0 Å². The molecule has 5 rings (SSSR count). The third-order valence-electron chi connectivity index (χ3n) is 8.18. The number of aromatic nitrogens is 1. The van der Waals surface area contributed by atoms with Crippen LogP contribution in [-0.4, -0.2) is 29.1 Å². The fraction of sp³-hybridized carbons (Fsp3) is 0.516. The highest BCUT2D eigenvalue weighted by atomic mass is 16.5. The van der Waals surface area contributed by atoms with Gasteiger partial charge in [-0.2, -0.15) is 0 Å². The molecule has 3 nitrogen and oxygen atoms in total. The van der Waals surface area contributed by atoms with E-state index in [0.29, 0.717) is 17.4 Å². The Hall–Kier alpha value is -2.39. The summed E-state index contributed by atoms with van der Waals surface area (Å²) in [4.78, 5) is 7.16. The summed E-state index contributed by atoms with van der Waals surface area (Å²) in [6, 6.07) is 19.9. The molecule has 0 bridgehead atoms. The molecule has 0 unspecified atom stereocenters. The van der Waals surface area contributed by atoms with Gasteiger partial charge in [0.25, 0.3) is 0 Å². The van der Waals surface area contributed by atoms with Crippen LogP contribution in [0.1, 0.15) is 76.5 Å². The maximum absolute atomic E-state index is 6.41. The van der Waals surface area contributed by atoms with E-state index >= 15 is 0 Å². The van der Waals surface area contributed by atoms with Gasteiger partial charge in [0.1, 0.15) is 5.75 Å². The minimum absolute atomic E-state index is 0.365. The number of nitrogens with zero attached hydrogens (tertiary/aromatic N) is 2. The van der Waals surface area contributed by atoms with Crippen LogP contribution in [0.5, 0.6) is 5.75 Å². The molecule has 1 aliphatic heterocycles. The molecular formula is C31H40N2O. The first-order chi connectivity index (χ1) is 16.4. The standard InChI is InChI=1S/C31H40N2O/c1-31(2,3)27-10-13-28(14-11-27)34-29-12-9-25-20-23(7-8-26(25)21-29)22-33-18-15-24(16-19-33)30-6-4-5-17-32-30/h4-9,12,17,20-21,24,27-28H,10-11,13-16,18-19,22H2,1-3H3/t27-,28-. The monoisotopic (exact) mass is 456 g/mol. The van der Waals surface area contributed by atoms with Gasteiger partial charge in [-0.1, -0.05) is 45.0 Å². The number of hydrogen-bond donors (Lipinski definition) is 0. The lowest BCUT2D eigenvalue weighted by Crippen LogP contribution is -2.32. The third kappa shape index (κ3) is 5.63. The van der Waals surface area contributed by atoms with Gasteiger partial charge in [-0.3, -0.25) is 9.88 Å². The fourth-order valence-corrected chi connectivity index (χ4v) is 5.95. The smallest absolute Gasteiger partial charge is 0.120 e. The summed E-state index contributed by atoms with van der Waals surface area (Å²) in [7, 11) is 0. The van der Waals surface area contributed by atoms with Crippen LogP contribution in [0.2, 0.25) is 0 Å². The van der Waals surface area contributed by atoms with E-state index < -0.39 is 0 Å². The highest BCUT2D eigenvalue weighted by molar-refractivity contribution is 5.84. The van der Waals surface area contributed by atoms with Crippen LogP contribution in [0.3, 0.4) is 0 Å². The zero-order valence-electron chi connectivity index (χ0n) is 21.2. The summed E-state index contributed by atoms with van der Waals surface area (Å²) < 4.78 is 6.41. The first kappa shape index (κ1) is 23.4. The van der Waals surface area contributed by atoms with Crippen molar-refractivity contribution < 1.29 is 4.74 Å². The van der Waals surface area contributed by atoms with Crippen LogP contribution in [0.25, 0.3) is 10.8 Å². The lowest BCUT2D eigenvalue weighted by Gasteiger charge is -2.37. The molecule has 2 aromatic carbocycles.